The Labute approximate surface area is 117 Å². The molecule has 0 amide bonds. The van der Waals surface area contributed by atoms with Gasteiger partial charge in [-0.15, -0.1) is 0 Å². The van der Waals surface area contributed by atoms with E-state index in [0.29, 0.717) is 22.0 Å². The average Bonchev–Trinajstić information content (AvgIpc) is 2.35. The van der Waals surface area contributed by atoms with Crippen LogP contribution in [-0.2, 0) is 15.8 Å². The van der Waals surface area contributed by atoms with Crippen LogP contribution < -0.4 is 10.5 Å². The van der Waals surface area contributed by atoms with Crippen LogP contribution in [0.2, 0.25) is 5.02 Å². The van der Waals surface area contributed by atoms with Gasteiger partial charge in [0.05, 0.1) is 16.5 Å². The van der Waals surface area contributed by atoms with E-state index in [9.17, 15) is 8.42 Å². The third-order valence-electron chi connectivity index (χ3n) is 2.48. The highest BCUT2D eigenvalue weighted by Gasteiger charge is 2.13. The Morgan fingerprint density at radius 2 is 1.68 bits per heavy atom. The summed E-state index contributed by atoms with van der Waals surface area (Å²) in [5.74, 6) is -0.126. The van der Waals surface area contributed by atoms with Gasteiger partial charge in [0, 0.05) is 5.69 Å². The van der Waals surface area contributed by atoms with Crippen LogP contribution in [0.4, 0.5) is 11.4 Å². The fraction of sp³-hybridized carbons (Fsp3) is 0.0769. The Bertz CT molecular complexity index is 669. The van der Waals surface area contributed by atoms with E-state index in [1.807, 2.05) is 0 Å². The molecule has 6 heteroatoms. The van der Waals surface area contributed by atoms with Crippen molar-refractivity contribution in [2.24, 2.45) is 0 Å². The number of rotatable bonds is 4. The van der Waals surface area contributed by atoms with E-state index in [2.05, 4.69) is 4.72 Å². The fourth-order valence-corrected chi connectivity index (χ4v) is 3.04. The first-order valence-corrected chi connectivity index (χ1v) is 7.59. The summed E-state index contributed by atoms with van der Waals surface area (Å²) in [6, 6.07) is 13.4. The first-order chi connectivity index (χ1) is 8.96. The van der Waals surface area contributed by atoms with Crippen LogP contribution in [0.15, 0.2) is 48.5 Å². The fourth-order valence-electron chi connectivity index (χ4n) is 1.58. The van der Waals surface area contributed by atoms with E-state index in [-0.39, 0.29) is 5.75 Å². The van der Waals surface area contributed by atoms with Gasteiger partial charge >= 0.3 is 0 Å². The third kappa shape index (κ3) is 3.87. The molecule has 19 heavy (non-hydrogen) atoms. The minimum absolute atomic E-state index is 0.126. The van der Waals surface area contributed by atoms with E-state index >= 15 is 0 Å². The topological polar surface area (TPSA) is 72.2 Å². The Morgan fingerprint density at radius 1 is 1.05 bits per heavy atom. The van der Waals surface area contributed by atoms with Gasteiger partial charge in [-0.25, -0.2) is 8.42 Å². The van der Waals surface area contributed by atoms with Gasteiger partial charge in [-0.05, 0) is 29.8 Å². The lowest BCUT2D eigenvalue weighted by Gasteiger charge is -2.09. The highest BCUT2D eigenvalue weighted by Crippen LogP contribution is 2.22. The molecule has 0 aliphatic carbocycles. The molecule has 0 aliphatic heterocycles. The number of hydrogen-bond acceptors (Lipinski definition) is 3. The molecule has 2 aromatic rings. The van der Waals surface area contributed by atoms with Crippen molar-refractivity contribution in [2.75, 3.05) is 10.5 Å². The molecule has 0 atom stereocenters. The number of nitrogen functional groups attached to an aromatic ring is 1. The first-order valence-electron chi connectivity index (χ1n) is 5.56. The highest BCUT2D eigenvalue weighted by atomic mass is 35.5. The van der Waals surface area contributed by atoms with Crippen LogP contribution in [0, 0.1) is 0 Å². The van der Waals surface area contributed by atoms with Gasteiger partial charge in [-0.3, -0.25) is 4.72 Å². The number of nitrogens with two attached hydrogens (primary N) is 1. The lowest BCUT2D eigenvalue weighted by molar-refractivity contribution is 0.600. The van der Waals surface area contributed by atoms with Crippen LogP contribution in [0.5, 0.6) is 0 Å². The Balaban J connectivity index is 2.15. The number of anilines is 2. The molecule has 0 radical (unpaired) electrons. The second-order valence-corrected chi connectivity index (χ2v) is 6.21. The predicted octanol–water partition coefficient (Wildman–Crippen LogP) is 2.86. The van der Waals surface area contributed by atoms with Crippen LogP contribution in [0.3, 0.4) is 0 Å². The van der Waals surface area contributed by atoms with Gasteiger partial charge in [-0.2, -0.15) is 0 Å². The molecule has 0 spiro atoms. The molecule has 4 nitrogen and oxygen atoms in total. The van der Waals surface area contributed by atoms with Crippen molar-refractivity contribution < 1.29 is 8.42 Å². The van der Waals surface area contributed by atoms with E-state index in [1.54, 1.807) is 48.5 Å². The summed E-state index contributed by atoms with van der Waals surface area (Å²) in [4.78, 5) is 0. The molecular weight excluding hydrogens is 284 g/mol. The molecular formula is C13H13ClN2O2S. The third-order valence-corrected chi connectivity index (χ3v) is 4.05. The normalized spacial score (nSPS) is 11.2. The van der Waals surface area contributed by atoms with E-state index < -0.39 is 10.0 Å². The smallest absolute Gasteiger partial charge is 0.236 e. The first kappa shape index (κ1) is 13.7. The number of benzene rings is 2. The standard InChI is InChI=1S/C13H13ClN2O2S/c14-12-3-1-2-4-13(12)16-19(17,18)9-10-5-7-11(15)8-6-10/h1-8,16H,9,15H2. The van der Waals surface area contributed by atoms with Crippen LogP contribution >= 0.6 is 11.6 Å². The lowest BCUT2D eigenvalue weighted by Crippen LogP contribution is -2.15. The maximum Gasteiger partial charge on any atom is 0.236 e. The Kier molecular flexibility index (Phi) is 3.97. The second kappa shape index (κ2) is 5.50. The Morgan fingerprint density at radius 3 is 2.32 bits per heavy atom. The maximum absolute atomic E-state index is 12.0. The SMILES string of the molecule is Nc1ccc(CS(=O)(=O)Nc2ccccc2Cl)cc1. The number of sulfonamides is 1. The molecule has 0 fully saturated rings. The minimum Gasteiger partial charge on any atom is -0.399 e. The molecule has 100 valence electrons. The van der Waals surface area contributed by atoms with Gasteiger partial charge in [-0.1, -0.05) is 35.9 Å². The average molecular weight is 297 g/mol. The van der Waals surface area contributed by atoms with Gasteiger partial charge in [0.1, 0.15) is 0 Å². The summed E-state index contributed by atoms with van der Waals surface area (Å²) in [7, 11) is -3.50. The minimum atomic E-state index is -3.50. The van der Waals surface area contributed by atoms with E-state index in [0.717, 1.165) is 0 Å². The predicted molar refractivity (Wildman–Crippen MR) is 78.6 cm³/mol. The zero-order chi connectivity index (χ0) is 13.9. The molecule has 2 aromatic carbocycles. The maximum atomic E-state index is 12.0. The van der Waals surface area contributed by atoms with Crippen molar-refractivity contribution in [1.29, 1.82) is 0 Å². The summed E-state index contributed by atoms with van der Waals surface area (Å²) < 4.78 is 26.5. The number of para-hydroxylation sites is 1. The highest BCUT2D eigenvalue weighted by molar-refractivity contribution is 7.91. The van der Waals surface area contributed by atoms with Crippen molar-refractivity contribution in [2.45, 2.75) is 5.75 Å². The van der Waals surface area contributed by atoms with Crippen molar-refractivity contribution in [1.82, 2.24) is 0 Å². The van der Waals surface area contributed by atoms with Crippen molar-refractivity contribution in [3.8, 4) is 0 Å². The number of nitrogens with one attached hydrogen (secondary N) is 1. The van der Waals surface area contributed by atoms with Gasteiger partial charge in [0.15, 0.2) is 0 Å². The number of hydrogen-bond donors (Lipinski definition) is 2. The molecule has 0 bridgehead atoms. The quantitative estimate of drug-likeness (QED) is 0.852. The summed E-state index contributed by atoms with van der Waals surface area (Å²) >= 11 is 5.91. The summed E-state index contributed by atoms with van der Waals surface area (Å²) in [6.07, 6.45) is 0. The summed E-state index contributed by atoms with van der Waals surface area (Å²) in [5.41, 5.74) is 7.18. The van der Waals surface area contributed by atoms with Crippen LogP contribution in [0.25, 0.3) is 0 Å². The van der Waals surface area contributed by atoms with Gasteiger partial charge in [0.25, 0.3) is 0 Å². The number of halogens is 1. The van der Waals surface area contributed by atoms with Gasteiger partial charge < -0.3 is 5.73 Å². The van der Waals surface area contributed by atoms with E-state index in [4.69, 9.17) is 17.3 Å². The largest absolute Gasteiger partial charge is 0.399 e. The van der Waals surface area contributed by atoms with Crippen LogP contribution in [-0.4, -0.2) is 8.42 Å². The van der Waals surface area contributed by atoms with Crippen molar-refractivity contribution >= 4 is 33.0 Å². The second-order valence-electron chi connectivity index (χ2n) is 4.08. The molecule has 0 saturated heterocycles. The zero-order valence-corrected chi connectivity index (χ0v) is 11.6. The molecule has 2 rings (SSSR count). The van der Waals surface area contributed by atoms with Crippen LogP contribution in [0.1, 0.15) is 5.56 Å². The summed E-state index contributed by atoms with van der Waals surface area (Å²) in [6.45, 7) is 0. The molecule has 0 aromatic heterocycles. The monoisotopic (exact) mass is 296 g/mol. The summed E-state index contributed by atoms with van der Waals surface area (Å²) in [5, 5.41) is 0.364. The van der Waals surface area contributed by atoms with Crippen molar-refractivity contribution in [3.63, 3.8) is 0 Å². The molecule has 0 aliphatic rings. The van der Waals surface area contributed by atoms with Crippen molar-refractivity contribution in [3.05, 3.63) is 59.1 Å². The zero-order valence-electron chi connectivity index (χ0n) is 10.0. The molecule has 0 saturated carbocycles. The molecule has 0 heterocycles. The van der Waals surface area contributed by atoms with E-state index in [1.165, 1.54) is 0 Å². The van der Waals surface area contributed by atoms with Gasteiger partial charge in [0.2, 0.25) is 10.0 Å². The molecule has 3 N–H and O–H groups in total. The Hall–Kier alpha value is -1.72. The molecule has 0 unspecified atom stereocenters. The lowest BCUT2D eigenvalue weighted by atomic mass is 10.2.